The predicted molar refractivity (Wildman–Crippen MR) is 125 cm³/mol. The van der Waals surface area contributed by atoms with Crippen molar-refractivity contribution in [3.8, 4) is 11.1 Å². The molecular formula is C26H19F6N3O2. The summed E-state index contributed by atoms with van der Waals surface area (Å²) in [5.74, 6) is -0.864. The first-order valence-electron chi connectivity index (χ1n) is 10.9. The van der Waals surface area contributed by atoms with Gasteiger partial charge in [0.1, 0.15) is 5.69 Å². The average Bonchev–Trinajstić information content (AvgIpc) is 2.84. The number of amides is 1. The topological polar surface area (TPSA) is 64.0 Å². The van der Waals surface area contributed by atoms with Crippen LogP contribution in [0.15, 0.2) is 65.6 Å². The van der Waals surface area contributed by atoms with Crippen LogP contribution in [0.3, 0.4) is 0 Å². The summed E-state index contributed by atoms with van der Waals surface area (Å²) in [6.07, 6.45) is -8.59. The standard InChI is InChI=1S/C26H19F6N3O2/c1-14-6-3-4-7-18(14)20-21-19(8-5-9-33-21)24(37)35(2)22(20)23(36)34-13-15-10-16(25(27,28)29)12-17(11-15)26(30,31)32/h3-12H,13H2,1-2H3,(H,34,36). The van der Waals surface area contributed by atoms with E-state index in [2.05, 4.69) is 10.3 Å². The molecule has 0 aliphatic rings. The van der Waals surface area contributed by atoms with Crippen molar-refractivity contribution in [2.24, 2.45) is 7.05 Å². The van der Waals surface area contributed by atoms with E-state index in [0.29, 0.717) is 23.3 Å². The van der Waals surface area contributed by atoms with Crippen molar-refractivity contribution < 1.29 is 31.1 Å². The maximum Gasteiger partial charge on any atom is 0.416 e. The number of pyridine rings is 2. The third kappa shape index (κ3) is 5.07. The molecule has 1 amide bonds. The second kappa shape index (κ2) is 9.38. The molecular weight excluding hydrogens is 500 g/mol. The molecule has 2 aromatic heterocycles. The molecule has 0 spiro atoms. The van der Waals surface area contributed by atoms with Crippen LogP contribution in [0.1, 0.15) is 32.7 Å². The zero-order valence-electron chi connectivity index (χ0n) is 19.5. The predicted octanol–water partition coefficient (Wildman–Crippen LogP) is 5.88. The number of fused-ring (bicyclic) bond motifs is 1. The number of carbonyl (C=O) groups excluding carboxylic acids is 1. The van der Waals surface area contributed by atoms with Gasteiger partial charge in [0.05, 0.1) is 22.0 Å². The van der Waals surface area contributed by atoms with Gasteiger partial charge in [0.15, 0.2) is 0 Å². The van der Waals surface area contributed by atoms with E-state index < -0.39 is 47.1 Å². The number of alkyl halides is 6. The highest BCUT2D eigenvalue weighted by Gasteiger charge is 2.37. The van der Waals surface area contributed by atoms with E-state index in [1.165, 1.54) is 13.2 Å². The molecule has 0 bridgehead atoms. The fourth-order valence-electron chi connectivity index (χ4n) is 4.10. The Bertz CT molecular complexity index is 1540. The SMILES string of the molecule is Cc1ccccc1-c1c(C(=O)NCc2cc(C(F)(F)F)cc(C(F)(F)F)c2)n(C)c(=O)c2cccnc12. The van der Waals surface area contributed by atoms with Gasteiger partial charge in [-0.3, -0.25) is 14.6 Å². The van der Waals surface area contributed by atoms with Gasteiger partial charge in [-0.1, -0.05) is 24.3 Å². The number of aryl methyl sites for hydroxylation is 1. The highest BCUT2D eigenvalue weighted by Crippen LogP contribution is 2.36. The van der Waals surface area contributed by atoms with Crippen LogP contribution in [0.25, 0.3) is 22.0 Å². The van der Waals surface area contributed by atoms with E-state index >= 15 is 0 Å². The number of hydrogen-bond donors (Lipinski definition) is 1. The molecule has 0 aliphatic heterocycles. The summed E-state index contributed by atoms with van der Waals surface area (Å²) in [6, 6.07) is 11.2. The van der Waals surface area contributed by atoms with Crippen LogP contribution < -0.4 is 10.9 Å². The van der Waals surface area contributed by atoms with Crippen molar-refractivity contribution in [1.29, 1.82) is 0 Å². The van der Waals surface area contributed by atoms with E-state index in [1.54, 1.807) is 43.3 Å². The molecule has 11 heteroatoms. The number of nitrogens with one attached hydrogen (secondary N) is 1. The summed E-state index contributed by atoms with van der Waals surface area (Å²) in [5, 5.41) is 2.62. The number of rotatable bonds is 4. The number of aromatic nitrogens is 2. The lowest BCUT2D eigenvalue weighted by atomic mass is 9.96. The largest absolute Gasteiger partial charge is 0.416 e. The Balaban J connectivity index is 1.82. The molecule has 0 saturated heterocycles. The fourth-order valence-corrected chi connectivity index (χ4v) is 4.10. The molecule has 0 radical (unpaired) electrons. The van der Waals surface area contributed by atoms with Gasteiger partial charge in [-0.25, -0.2) is 0 Å². The third-order valence-electron chi connectivity index (χ3n) is 5.88. The average molecular weight is 519 g/mol. The summed E-state index contributed by atoms with van der Waals surface area (Å²) in [5.41, 5.74) is -2.16. The summed E-state index contributed by atoms with van der Waals surface area (Å²) < 4.78 is 80.4. The summed E-state index contributed by atoms with van der Waals surface area (Å²) in [7, 11) is 1.36. The first kappa shape index (κ1) is 25.9. The van der Waals surface area contributed by atoms with Crippen LogP contribution >= 0.6 is 0 Å². The Labute approximate surface area is 206 Å². The molecule has 4 aromatic rings. The van der Waals surface area contributed by atoms with Crippen LogP contribution in [0.5, 0.6) is 0 Å². The molecule has 5 nitrogen and oxygen atoms in total. The second-order valence-corrected chi connectivity index (χ2v) is 8.40. The van der Waals surface area contributed by atoms with Crippen molar-refractivity contribution in [3.63, 3.8) is 0 Å². The zero-order chi connectivity index (χ0) is 27.1. The van der Waals surface area contributed by atoms with Gasteiger partial charge in [0, 0.05) is 25.4 Å². The first-order valence-corrected chi connectivity index (χ1v) is 10.9. The lowest BCUT2D eigenvalue weighted by Gasteiger charge is -2.18. The Kier molecular flexibility index (Phi) is 6.57. The summed E-state index contributed by atoms with van der Waals surface area (Å²) >= 11 is 0. The molecule has 2 heterocycles. The van der Waals surface area contributed by atoms with Crippen LogP contribution in [-0.2, 0) is 25.9 Å². The number of hydrogen-bond acceptors (Lipinski definition) is 3. The monoisotopic (exact) mass is 519 g/mol. The minimum atomic E-state index is -5.02. The number of carbonyl (C=O) groups is 1. The van der Waals surface area contributed by atoms with Crippen molar-refractivity contribution in [3.05, 3.63) is 99.1 Å². The highest BCUT2D eigenvalue weighted by atomic mass is 19.4. The van der Waals surface area contributed by atoms with E-state index in [4.69, 9.17) is 0 Å². The lowest BCUT2D eigenvalue weighted by molar-refractivity contribution is -0.143. The molecule has 192 valence electrons. The van der Waals surface area contributed by atoms with E-state index in [0.717, 1.165) is 10.1 Å². The quantitative estimate of drug-likeness (QED) is 0.343. The smallest absolute Gasteiger partial charge is 0.347 e. The van der Waals surface area contributed by atoms with E-state index in [9.17, 15) is 35.9 Å². The molecule has 2 aromatic carbocycles. The van der Waals surface area contributed by atoms with Gasteiger partial charge in [0.2, 0.25) is 0 Å². The zero-order valence-corrected chi connectivity index (χ0v) is 19.5. The van der Waals surface area contributed by atoms with Crippen molar-refractivity contribution in [2.75, 3.05) is 0 Å². The molecule has 37 heavy (non-hydrogen) atoms. The maximum absolute atomic E-state index is 13.4. The van der Waals surface area contributed by atoms with Crippen LogP contribution in [0, 0.1) is 6.92 Å². The molecule has 0 unspecified atom stereocenters. The Morgan fingerprint density at radius 3 is 2.16 bits per heavy atom. The highest BCUT2D eigenvalue weighted by molar-refractivity contribution is 6.07. The van der Waals surface area contributed by atoms with Crippen molar-refractivity contribution >= 4 is 16.8 Å². The Morgan fingerprint density at radius 2 is 1.57 bits per heavy atom. The summed E-state index contributed by atoms with van der Waals surface area (Å²) in [4.78, 5) is 30.7. The van der Waals surface area contributed by atoms with E-state index in [-0.39, 0.29) is 22.7 Å². The first-order chi connectivity index (χ1) is 17.3. The second-order valence-electron chi connectivity index (χ2n) is 8.40. The van der Waals surface area contributed by atoms with Gasteiger partial charge < -0.3 is 9.88 Å². The Morgan fingerprint density at radius 1 is 0.946 bits per heavy atom. The summed E-state index contributed by atoms with van der Waals surface area (Å²) in [6.45, 7) is 1.14. The molecule has 0 aliphatic carbocycles. The van der Waals surface area contributed by atoms with Crippen LogP contribution in [0.2, 0.25) is 0 Å². The molecule has 0 fully saturated rings. The van der Waals surface area contributed by atoms with Gasteiger partial charge >= 0.3 is 12.4 Å². The Hall–Kier alpha value is -4.15. The normalized spacial score (nSPS) is 12.1. The van der Waals surface area contributed by atoms with Gasteiger partial charge in [-0.05, 0) is 53.9 Å². The van der Waals surface area contributed by atoms with Crippen molar-refractivity contribution in [1.82, 2.24) is 14.9 Å². The lowest BCUT2D eigenvalue weighted by Crippen LogP contribution is -2.32. The third-order valence-corrected chi connectivity index (χ3v) is 5.88. The number of halogens is 6. The fraction of sp³-hybridized carbons (Fsp3) is 0.192. The minimum absolute atomic E-state index is 0.0142. The van der Waals surface area contributed by atoms with Gasteiger partial charge in [-0.2, -0.15) is 26.3 Å². The molecule has 0 saturated carbocycles. The van der Waals surface area contributed by atoms with Crippen LogP contribution in [-0.4, -0.2) is 15.5 Å². The van der Waals surface area contributed by atoms with Crippen LogP contribution in [0.4, 0.5) is 26.3 Å². The molecule has 0 atom stereocenters. The van der Waals surface area contributed by atoms with E-state index in [1.807, 2.05) is 0 Å². The minimum Gasteiger partial charge on any atom is -0.347 e. The maximum atomic E-state index is 13.4. The van der Waals surface area contributed by atoms with Crippen molar-refractivity contribution in [2.45, 2.75) is 25.8 Å². The number of nitrogens with zero attached hydrogens (tertiary/aromatic N) is 2. The number of benzene rings is 2. The van der Waals surface area contributed by atoms with Gasteiger partial charge in [0.25, 0.3) is 11.5 Å². The molecule has 4 rings (SSSR count). The van der Waals surface area contributed by atoms with Gasteiger partial charge in [-0.15, -0.1) is 0 Å². The molecule has 1 N–H and O–H groups in total.